The van der Waals surface area contributed by atoms with E-state index in [2.05, 4.69) is 10.0 Å². The van der Waals surface area contributed by atoms with Crippen molar-refractivity contribution in [1.82, 2.24) is 5.32 Å². The van der Waals surface area contributed by atoms with Gasteiger partial charge in [0.25, 0.3) is 0 Å². The largest absolute Gasteiger partial charge is 0.497 e. The lowest BCUT2D eigenvalue weighted by atomic mass is 10.3. The number of hydrogen-bond acceptors (Lipinski definition) is 5. The molecule has 0 aliphatic heterocycles. The zero-order chi connectivity index (χ0) is 16.0. The highest BCUT2D eigenvalue weighted by Gasteiger charge is 2.22. The maximum atomic E-state index is 12.3. The minimum absolute atomic E-state index is 0.234. The van der Waals surface area contributed by atoms with Gasteiger partial charge in [0.2, 0.25) is 10.0 Å². The maximum absolute atomic E-state index is 12.3. The third-order valence-corrected chi connectivity index (χ3v) is 4.73. The Morgan fingerprint density at radius 1 is 1.14 bits per heavy atom. The van der Waals surface area contributed by atoms with Crippen LogP contribution in [0.1, 0.15) is 20.8 Å². The van der Waals surface area contributed by atoms with Crippen molar-refractivity contribution >= 4 is 15.7 Å². The van der Waals surface area contributed by atoms with E-state index in [1.165, 1.54) is 14.2 Å². The number of anilines is 1. The Labute approximate surface area is 126 Å². The van der Waals surface area contributed by atoms with Crippen LogP contribution in [0.5, 0.6) is 11.5 Å². The smallest absolute Gasteiger partial charge is 0.236 e. The summed E-state index contributed by atoms with van der Waals surface area (Å²) < 4.78 is 37.4. The molecular weight excluding hydrogens is 292 g/mol. The van der Waals surface area contributed by atoms with Crippen LogP contribution in [0.4, 0.5) is 5.69 Å². The second-order valence-electron chi connectivity index (χ2n) is 5.09. The molecule has 120 valence electrons. The van der Waals surface area contributed by atoms with Crippen molar-refractivity contribution in [3.8, 4) is 11.5 Å². The Balaban J connectivity index is 2.88. The number of hydrogen-bond donors (Lipinski definition) is 2. The van der Waals surface area contributed by atoms with E-state index in [0.29, 0.717) is 23.7 Å². The minimum Gasteiger partial charge on any atom is -0.497 e. The van der Waals surface area contributed by atoms with Gasteiger partial charge in [0, 0.05) is 18.7 Å². The molecule has 6 nitrogen and oxygen atoms in total. The van der Waals surface area contributed by atoms with E-state index in [1.54, 1.807) is 25.1 Å². The molecule has 0 aliphatic carbocycles. The first-order valence-corrected chi connectivity index (χ1v) is 8.31. The summed E-state index contributed by atoms with van der Waals surface area (Å²) in [5.74, 6) is 1.02. The fourth-order valence-electron chi connectivity index (χ4n) is 1.65. The molecule has 0 spiro atoms. The zero-order valence-corrected chi connectivity index (χ0v) is 14.0. The SMILES string of the molecule is COc1ccc(NS(=O)(=O)C(C)CNC(C)C)c(OC)c1. The second-order valence-corrected chi connectivity index (χ2v) is 7.19. The van der Waals surface area contributed by atoms with Crippen molar-refractivity contribution in [2.75, 3.05) is 25.5 Å². The van der Waals surface area contributed by atoms with E-state index < -0.39 is 15.3 Å². The molecular formula is C14H24N2O4S. The monoisotopic (exact) mass is 316 g/mol. The Kier molecular flexibility index (Phi) is 6.29. The standard InChI is InChI=1S/C14H24N2O4S/c1-10(2)15-9-11(3)21(17,18)16-13-7-6-12(19-4)8-14(13)20-5/h6-8,10-11,15-16H,9H2,1-5H3. The molecule has 0 aliphatic rings. The van der Waals surface area contributed by atoms with Gasteiger partial charge in [-0.3, -0.25) is 4.72 Å². The lowest BCUT2D eigenvalue weighted by Gasteiger charge is -2.18. The summed E-state index contributed by atoms with van der Waals surface area (Å²) >= 11 is 0. The van der Waals surface area contributed by atoms with Gasteiger partial charge in [0.1, 0.15) is 11.5 Å². The third-order valence-electron chi connectivity index (χ3n) is 3.00. The van der Waals surface area contributed by atoms with Crippen LogP contribution in [0.15, 0.2) is 18.2 Å². The fraction of sp³-hybridized carbons (Fsp3) is 0.571. The maximum Gasteiger partial charge on any atom is 0.236 e. The van der Waals surface area contributed by atoms with Crippen LogP contribution in [-0.2, 0) is 10.0 Å². The summed E-state index contributed by atoms with van der Waals surface area (Å²) in [6, 6.07) is 5.17. The molecule has 0 radical (unpaired) electrons. The van der Waals surface area contributed by atoms with Gasteiger partial charge in [-0.05, 0) is 19.1 Å². The molecule has 0 bridgehead atoms. The second kappa shape index (κ2) is 7.51. The zero-order valence-electron chi connectivity index (χ0n) is 13.1. The van der Waals surface area contributed by atoms with E-state index in [1.807, 2.05) is 13.8 Å². The predicted molar refractivity (Wildman–Crippen MR) is 84.7 cm³/mol. The Bertz CT molecular complexity index is 558. The van der Waals surface area contributed by atoms with Gasteiger partial charge in [-0.2, -0.15) is 0 Å². The molecule has 0 saturated carbocycles. The molecule has 0 aromatic heterocycles. The molecule has 21 heavy (non-hydrogen) atoms. The summed E-state index contributed by atoms with van der Waals surface area (Å²) in [6.45, 7) is 5.98. The van der Waals surface area contributed by atoms with Gasteiger partial charge in [-0.15, -0.1) is 0 Å². The van der Waals surface area contributed by atoms with Gasteiger partial charge in [-0.25, -0.2) is 8.42 Å². The number of sulfonamides is 1. The van der Waals surface area contributed by atoms with Crippen LogP contribution in [0.3, 0.4) is 0 Å². The molecule has 1 aromatic rings. The highest BCUT2D eigenvalue weighted by Crippen LogP contribution is 2.30. The highest BCUT2D eigenvalue weighted by atomic mass is 32.2. The predicted octanol–water partition coefficient (Wildman–Crippen LogP) is 1.83. The van der Waals surface area contributed by atoms with Crippen LogP contribution in [0, 0.1) is 0 Å². The molecule has 1 aromatic carbocycles. The van der Waals surface area contributed by atoms with Crippen molar-refractivity contribution in [3.05, 3.63) is 18.2 Å². The molecule has 1 rings (SSSR count). The minimum atomic E-state index is -3.49. The van der Waals surface area contributed by atoms with Gasteiger partial charge >= 0.3 is 0 Å². The molecule has 7 heteroatoms. The topological polar surface area (TPSA) is 76.7 Å². The Morgan fingerprint density at radius 3 is 2.33 bits per heavy atom. The summed E-state index contributed by atoms with van der Waals surface area (Å²) in [5.41, 5.74) is 0.398. The van der Waals surface area contributed by atoms with Crippen molar-refractivity contribution in [2.24, 2.45) is 0 Å². The van der Waals surface area contributed by atoms with Crippen molar-refractivity contribution < 1.29 is 17.9 Å². The van der Waals surface area contributed by atoms with E-state index in [9.17, 15) is 8.42 Å². The first-order valence-electron chi connectivity index (χ1n) is 6.77. The molecule has 1 unspecified atom stereocenters. The van der Waals surface area contributed by atoms with Crippen molar-refractivity contribution in [1.29, 1.82) is 0 Å². The average molecular weight is 316 g/mol. The van der Waals surface area contributed by atoms with Crippen LogP contribution in [0.2, 0.25) is 0 Å². The molecule has 0 fully saturated rings. The van der Waals surface area contributed by atoms with Gasteiger partial charge < -0.3 is 14.8 Å². The van der Waals surface area contributed by atoms with E-state index in [-0.39, 0.29) is 6.04 Å². The molecule has 0 saturated heterocycles. The number of nitrogens with one attached hydrogen (secondary N) is 2. The summed E-state index contributed by atoms with van der Waals surface area (Å²) in [6.07, 6.45) is 0. The third kappa shape index (κ3) is 5.09. The lowest BCUT2D eigenvalue weighted by Crippen LogP contribution is -2.37. The lowest BCUT2D eigenvalue weighted by molar-refractivity contribution is 0.395. The Morgan fingerprint density at radius 2 is 1.81 bits per heavy atom. The molecule has 2 N–H and O–H groups in total. The first-order chi connectivity index (χ1) is 9.80. The molecule has 0 heterocycles. The van der Waals surface area contributed by atoms with Gasteiger partial charge in [0.05, 0.1) is 25.2 Å². The van der Waals surface area contributed by atoms with E-state index in [4.69, 9.17) is 9.47 Å². The van der Waals surface area contributed by atoms with E-state index >= 15 is 0 Å². The number of methoxy groups -OCH3 is 2. The summed E-state index contributed by atoms with van der Waals surface area (Å²) in [7, 11) is -0.472. The Hall–Kier alpha value is -1.47. The van der Waals surface area contributed by atoms with Crippen LogP contribution >= 0.6 is 0 Å². The van der Waals surface area contributed by atoms with Crippen molar-refractivity contribution in [2.45, 2.75) is 32.1 Å². The highest BCUT2D eigenvalue weighted by molar-refractivity contribution is 7.93. The molecule has 1 atom stereocenters. The quantitative estimate of drug-likeness (QED) is 0.765. The van der Waals surface area contributed by atoms with Crippen LogP contribution in [0.25, 0.3) is 0 Å². The first kappa shape index (κ1) is 17.6. The summed E-state index contributed by atoms with van der Waals surface area (Å²) in [5, 5.41) is 2.55. The van der Waals surface area contributed by atoms with Crippen molar-refractivity contribution in [3.63, 3.8) is 0 Å². The number of rotatable bonds is 8. The number of ether oxygens (including phenoxy) is 2. The molecule has 0 amide bonds. The number of benzene rings is 1. The van der Waals surface area contributed by atoms with Crippen LogP contribution in [-0.4, -0.2) is 40.5 Å². The van der Waals surface area contributed by atoms with Gasteiger partial charge in [0.15, 0.2) is 0 Å². The van der Waals surface area contributed by atoms with Gasteiger partial charge in [-0.1, -0.05) is 13.8 Å². The van der Waals surface area contributed by atoms with Crippen LogP contribution < -0.4 is 19.5 Å². The average Bonchev–Trinajstić information content (AvgIpc) is 2.44. The van der Waals surface area contributed by atoms with E-state index in [0.717, 1.165) is 0 Å². The normalized spacial score (nSPS) is 13.0. The summed E-state index contributed by atoms with van der Waals surface area (Å²) in [4.78, 5) is 0. The fourth-order valence-corrected chi connectivity index (χ4v) is 2.64.